The van der Waals surface area contributed by atoms with Crippen LogP contribution in [0.3, 0.4) is 0 Å². The lowest BCUT2D eigenvalue weighted by Crippen LogP contribution is -2.23. The van der Waals surface area contributed by atoms with Gasteiger partial charge in [0, 0.05) is 5.92 Å². The third kappa shape index (κ3) is 2.13. The van der Waals surface area contributed by atoms with Crippen molar-refractivity contribution in [3.63, 3.8) is 0 Å². The molecule has 2 aromatic rings. The lowest BCUT2D eigenvalue weighted by molar-refractivity contribution is 0.276. The minimum Gasteiger partial charge on any atom is -0.491 e. The largest absolute Gasteiger partial charge is 0.491 e. The summed E-state index contributed by atoms with van der Waals surface area (Å²) in [5.74, 6) is 1.11. The highest BCUT2D eigenvalue weighted by atomic mass is 16.5. The Labute approximate surface area is 112 Å². The van der Waals surface area contributed by atoms with Crippen LogP contribution in [-0.4, -0.2) is 6.61 Å². The van der Waals surface area contributed by atoms with Gasteiger partial charge in [0.15, 0.2) is 0 Å². The molecule has 0 fully saturated rings. The van der Waals surface area contributed by atoms with E-state index in [-0.39, 0.29) is 0 Å². The van der Waals surface area contributed by atoms with Crippen molar-refractivity contribution >= 4 is 5.69 Å². The Morgan fingerprint density at radius 2 is 2.11 bits per heavy atom. The lowest BCUT2D eigenvalue weighted by atomic mass is 9.78. The average Bonchev–Trinajstić information content (AvgIpc) is 2.41. The summed E-state index contributed by atoms with van der Waals surface area (Å²) in [6.45, 7) is 0.632. The number of ether oxygens (including phenoxy) is 1. The summed E-state index contributed by atoms with van der Waals surface area (Å²) in [6, 6.07) is 15.6. The van der Waals surface area contributed by atoms with Crippen LogP contribution in [0.1, 0.15) is 22.6 Å². The van der Waals surface area contributed by atoms with Gasteiger partial charge in [-0.05, 0) is 35.7 Å². The Morgan fingerprint density at radius 1 is 1.26 bits per heavy atom. The van der Waals surface area contributed by atoms with Crippen LogP contribution in [0.25, 0.3) is 0 Å². The summed E-state index contributed by atoms with van der Waals surface area (Å²) >= 11 is 0. The number of hydrogen-bond donors (Lipinski definition) is 1. The summed E-state index contributed by atoms with van der Waals surface area (Å²) in [5, 5.41) is 8.78. The van der Waals surface area contributed by atoms with E-state index in [0.29, 0.717) is 29.5 Å². The van der Waals surface area contributed by atoms with Crippen molar-refractivity contribution in [3.8, 4) is 11.8 Å². The molecule has 1 aliphatic rings. The summed E-state index contributed by atoms with van der Waals surface area (Å²) in [6.07, 6.45) is 1.06. The highest BCUT2D eigenvalue weighted by Crippen LogP contribution is 2.35. The fraction of sp³-hybridized carbons (Fsp3) is 0.188. The maximum absolute atomic E-state index is 8.78. The van der Waals surface area contributed by atoms with Gasteiger partial charge >= 0.3 is 0 Å². The highest BCUT2D eigenvalue weighted by Gasteiger charge is 2.25. The number of nitriles is 1. The van der Waals surface area contributed by atoms with Crippen LogP contribution < -0.4 is 10.5 Å². The summed E-state index contributed by atoms with van der Waals surface area (Å²) in [5.41, 5.74) is 9.71. The number of hydrogen-bond acceptors (Lipinski definition) is 3. The molecular weight excluding hydrogens is 236 g/mol. The second kappa shape index (κ2) is 4.66. The maximum Gasteiger partial charge on any atom is 0.142 e. The van der Waals surface area contributed by atoms with Gasteiger partial charge in [-0.1, -0.05) is 24.3 Å². The molecular formula is C16H14N2O. The topological polar surface area (TPSA) is 59.0 Å². The first-order valence-electron chi connectivity index (χ1n) is 6.28. The van der Waals surface area contributed by atoms with Crippen LogP contribution in [0.5, 0.6) is 5.75 Å². The Morgan fingerprint density at radius 3 is 2.84 bits per heavy atom. The molecule has 0 saturated heterocycles. The fourth-order valence-corrected chi connectivity index (χ4v) is 2.45. The van der Waals surface area contributed by atoms with Gasteiger partial charge in [0.2, 0.25) is 0 Å². The van der Waals surface area contributed by atoms with E-state index in [1.807, 2.05) is 0 Å². The first-order valence-corrected chi connectivity index (χ1v) is 6.28. The van der Waals surface area contributed by atoms with Crippen molar-refractivity contribution < 1.29 is 4.74 Å². The van der Waals surface area contributed by atoms with Crippen LogP contribution in [0, 0.1) is 11.3 Å². The Balaban J connectivity index is 1.67. The van der Waals surface area contributed by atoms with Crippen LogP contribution in [0.4, 0.5) is 5.69 Å². The molecule has 0 heterocycles. The van der Waals surface area contributed by atoms with Crippen molar-refractivity contribution in [1.29, 1.82) is 5.26 Å². The zero-order valence-corrected chi connectivity index (χ0v) is 10.5. The molecule has 1 aliphatic carbocycles. The van der Waals surface area contributed by atoms with E-state index in [1.165, 1.54) is 11.1 Å². The molecule has 0 spiro atoms. The zero-order chi connectivity index (χ0) is 13.2. The smallest absolute Gasteiger partial charge is 0.142 e. The van der Waals surface area contributed by atoms with Gasteiger partial charge in [-0.25, -0.2) is 0 Å². The van der Waals surface area contributed by atoms with Crippen LogP contribution in [-0.2, 0) is 6.42 Å². The van der Waals surface area contributed by atoms with Gasteiger partial charge in [0.25, 0.3) is 0 Å². The van der Waals surface area contributed by atoms with E-state index in [0.717, 1.165) is 6.42 Å². The van der Waals surface area contributed by atoms with E-state index in [2.05, 4.69) is 30.3 Å². The lowest BCUT2D eigenvalue weighted by Gasteiger charge is -2.30. The van der Waals surface area contributed by atoms with E-state index in [1.54, 1.807) is 18.2 Å². The summed E-state index contributed by atoms with van der Waals surface area (Å²) in [4.78, 5) is 0. The van der Waals surface area contributed by atoms with Crippen LogP contribution in [0.15, 0.2) is 42.5 Å². The molecule has 3 rings (SSSR count). The standard InChI is InChI=1S/C16H14N2O/c17-9-11-5-6-16(15(18)7-11)19-10-13-8-12-3-1-2-4-14(12)13/h1-7,13H,8,10,18H2. The molecule has 2 aromatic carbocycles. The molecule has 1 atom stereocenters. The average molecular weight is 250 g/mol. The molecule has 3 heteroatoms. The van der Waals surface area contributed by atoms with E-state index >= 15 is 0 Å². The maximum atomic E-state index is 8.78. The number of nitrogen functional groups attached to an aromatic ring is 1. The van der Waals surface area contributed by atoms with E-state index in [4.69, 9.17) is 15.7 Å². The zero-order valence-electron chi connectivity index (χ0n) is 10.5. The van der Waals surface area contributed by atoms with E-state index < -0.39 is 0 Å². The minimum atomic E-state index is 0.450. The van der Waals surface area contributed by atoms with Gasteiger partial charge in [-0.15, -0.1) is 0 Å². The second-order valence-corrected chi connectivity index (χ2v) is 4.78. The van der Waals surface area contributed by atoms with Crippen molar-refractivity contribution in [1.82, 2.24) is 0 Å². The number of benzene rings is 2. The van der Waals surface area contributed by atoms with Gasteiger partial charge in [0.1, 0.15) is 5.75 Å². The first-order chi connectivity index (χ1) is 9.28. The van der Waals surface area contributed by atoms with Crippen molar-refractivity contribution in [2.45, 2.75) is 12.3 Å². The molecule has 1 unspecified atom stereocenters. The predicted octanol–water partition coefficient (Wildman–Crippen LogP) is 2.86. The number of rotatable bonds is 3. The Hall–Kier alpha value is -2.47. The third-order valence-electron chi connectivity index (χ3n) is 3.54. The van der Waals surface area contributed by atoms with Gasteiger partial charge in [-0.2, -0.15) is 5.26 Å². The fourth-order valence-electron chi connectivity index (χ4n) is 2.45. The van der Waals surface area contributed by atoms with Crippen molar-refractivity contribution in [3.05, 3.63) is 59.2 Å². The SMILES string of the molecule is N#Cc1ccc(OCC2Cc3ccccc32)c(N)c1. The van der Waals surface area contributed by atoms with Crippen LogP contribution in [0.2, 0.25) is 0 Å². The van der Waals surface area contributed by atoms with Gasteiger partial charge in [0.05, 0.1) is 23.9 Å². The van der Waals surface area contributed by atoms with Crippen molar-refractivity contribution in [2.75, 3.05) is 12.3 Å². The predicted molar refractivity (Wildman–Crippen MR) is 74.0 cm³/mol. The molecule has 0 saturated carbocycles. The molecule has 0 radical (unpaired) electrons. The molecule has 0 amide bonds. The number of fused-ring (bicyclic) bond motifs is 1. The molecule has 0 bridgehead atoms. The van der Waals surface area contributed by atoms with Crippen molar-refractivity contribution in [2.24, 2.45) is 0 Å². The van der Waals surface area contributed by atoms with Crippen LogP contribution >= 0.6 is 0 Å². The molecule has 0 aliphatic heterocycles. The number of anilines is 1. The Bertz CT molecular complexity index is 658. The monoisotopic (exact) mass is 250 g/mol. The normalized spacial score (nSPS) is 16.1. The highest BCUT2D eigenvalue weighted by molar-refractivity contribution is 5.56. The summed E-state index contributed by atoms with van der Waals surface area (Å²) < 4.78 is 5.76. The van der Waals surface area contributed by atoms with Gasteiger partial charge < -0.3 is 10.5 Å². The number of nitrogens with two attached hydrogens (primary N) is 1. The summed E-state index contributed by atoms with van der Waals surface area (Å²) in [7, 11) is 0. The quantitative estimate of drug-likeness (QED) is 0.852. The molecule has 94 valence electrons. The first kappa shape index (κ1) is 11.6. The Kier molecular flexibility index (Phi) is 2.85. The third-order valence-corrected chi connectivity index (χ3v) is 3.54. The number of nitrogens with zero attached hydrogens (tertiary/aromatic N) is 1. The van der Waals surface area contributed by atoms with E-state index in [9.17, 15) is 0 Å². The minimum absolute atomic E-state index is 0.450. The molecule has 0 aromatic heterocycles. The van der Waals surface area contributed by atoms with Gasteiger partial charge in [-0.3, -0.25) is 0 Å². The molecule has 2 N–H and O–H groups in total. The molecule has 19 heavy (non-hydrogen) atoms. The molecule has 3 nitrogen and oxygen atoms in total. The second-order valence-electron chi connectivity index (χ2n) is 4.78.